The van der Waals surface area contributed by atoms with Crippen LogP contribution >= 0.6 is 0 Å². The van der Waals surface area contributed by atoms with Crippen molar-refractivity contribution in [3.05, 3.63) is 0 Å². The second-order valence-electron chi connectivity index (χ2n) is 6.70. The summed E-state index contributed by atoms with van der Waals surface area (Å²) >= 11 is 0. The third kappa shape index (κ3) is 4.44. The summed E-state index contributed by atoms with van der Waals surface area (Å²) in [7, 11) is 0. The molecule has 4 nitrogen and oxygen atoms in total. The highest BCUT2D eigenvalue weighted by Gasteiger charge is 2.29. The van der Waals surface area contributed by atoms with Crippen LogP contribution in [0.2, 0.25) is 0 Å². The number of likely N-dealkylation sites (tertiary alicyclic amines) is 2. The van der Waals surface area contributed by atoms with Crippen molar-refractivity contribution >= 4 is 0 Å². The molecule has 0 radical (unpaired) electrons. The van der Waals surface area contributed by atoms with E-state index in [9.17, 15) is 5.26 Å². The number of nitriles is 1. The van der Waals surface area contributed by atoms with Crippen molar-refractivity contribution in [2.24, 2.45) is 5.92 Å². The molecule has 2 aliphatic rings. The summed E-state index contributed by atoms with van der Waals surface area (Å²) in [6.07, 6.45) is 5.37. The van der Waals surface area contributed by atoms with Crippen LogP contribution in [0.4, 0.5) is 0 Å². The Hall–Kier alpha value is -0.630. The molecule has 2 fully saturated rings. The zero-order chi connectivity index (χ0) is 14.4. The molecular formula is C16H30N4. The van der Waals surface area contributed by atoms with E-state index < -0.39 is 5.54 Å². The maximum atomic E-state index is 9.34. The maximum absolute atomic E-state index is 9.34. The molecule has 0 aromatic carbocycles. The SMILES string of the molecule is CCNC(C)(C#N)CN1CCC(CN2CCCC2)CC1. The average Bonchev–Trinajstić information content (AvgIpc) is 2.94. The largest absolute Gasteiger partial charge is 0.303 e. The zero-order valence-electron chi connectivity index (χ0n) is 13.2. The summed E-state index contributed by atoms with van der Waals surface area (Å²) in [6.45, 7) is 12.0. The van der Waals surface area contributed by atoms with Gasteiger partial charge in [-0.3, -0.25) is 5.32 Å². The lowest BCUT2D eigenvalue weighted by Gasteiger charge is -2.37. The number of piperidine rings is 1. The normalized spacial score (nSPS) is 25.4. The minimum absolute atomic E-state index is 0.392. The number of rotatable bonds is 6. The first-order valence-corrected chi connectivity index (χ1v) is 8.26. The molecule has 2 aliphatic heterocycles. The molecule has 0 bridgehead atoms. The molecule has 4 heteroatoms. The van der Waals surface area contributed by atoms with E-state index in [1.165, 1.54) is 45.3 Å². The van der Waals surface area contributed by atoms with Gasteiger partial charge in [0.25, 0.3) is 0 Å². The molecule has 0 aliphatic carbocycles. The van der Waals surface area contributed by atoms with Gasteiger partial charge >= 0.3 is 0 Å². The van der Waals surface area contributed by atoms with Crippen LogP contribution in [0.1, 0.15) is 39.5 Å². The highest BCUT2D eigenvalue weighted by molar-refractivity contribution is 5.05. The van der Waals surface area contributed by atoms with Gasteiger partial charge in [0.1, 0.15) is 5.54 Å². The summed E-state index contributed by atoms with van der Waals surface area (Å²) in [6, 6.07) is 2.44. The molecule has 0 spiro atoms. The van der Waals surface area contributed by atoms with Gasteiger partial charge in [-0.15, -0.1) is 0 Å². The summed E-state index contributed by atoms with van der Waals surface area (Å²) < 4.78 is 0. The zero-order valence-corrected chi connectivity index (χ0v) is 13.2. The maximum Gasteiger partial charge on any atom is 0.116 e. The van der Waals surface area contributed by atoms with Crippen LogP contribution in [0, 0.1) is 17.2 Å². The number of likely N-dealkylation sites (N-methyl/N-ethyl adjacent to an activating group) is 1. The highest BCUT2D eigenvalue weighted by atomic mass is 15.2. The summed E-state index contributed by atoms with van der Waals surface area (Å²) in [4.78, 5) is 5.10. The Morgan fingerprint density at radius 2 is 1.80 bits per heavy atom. The smallest absolute Gasteiger partial charge is 0.116 e. The fourth-order valence-corrected chi connectivity index (χ4v) is 3.63. The highest BCUT2D eigenvalue weighted by Crippen LogP contribution is 2.21. The van der Waals surface area contributed by atoms with Crippen LogP contribution < -0.4 is 5.32 Å². The van der Waals surface area contributed by atoms with Crippen molar-refractivity contribution in [3.8, 4) is 6.07 Å². The molecule has 0 amide bonds. The van der Waals surface area contributed by atoms with Crippen molar-refractivity contribution in [2.75, 3.05) is 45.8 Å². The van der Waals surface area contributed by atoms with Crippen LogP contribution in [0.3, 0.4) is 0 Å². The molecule has 20 heavy (non-hydrogen) atoms. The average molecular weight is 278 g/mol. The fourth-order valence-electron chi connectivity index (χ4n) is 3.63. The van der Waals surface area contributed by atoms with Crippen LogP contribution in [0.15, 0.2) is 0 Å². The van der Waals surface area contributed by atoms with E-state index in [2.05, 4.69) is 28.1 Å². The Balaban J connectivity index is 1.72. The van der Waals surface area contributed by atoms with Crippen LogP contribution in [0.25, 0.3) is 0 Å². The standard InChI is InChI=1S/C16H30N4/c1-3-18-16(2,13-17)14-20-10-6-15(7-11-20)12-19-8-4-5-9-19/h15,18H,3-12,14H2,1-2H3. The Labute approximate surface area is 124 Å². The number of nitrogens with zero attached hydrogens (tertiary/aromatic N) is 3. The molecule has 2 saturated heterocycles. The quantitative estimate of drug-likeness (QED) is 0.803. The lowest BCUT2D eigenvalue weighted by Crippen LogP contribution is -2.52. The number of nitrogens with one attached hydrogen (secondary N) is 1. The van der Waals surface area contributed by atoms with Crippen molar-refractivity contribution in [3.63, 3.8) is 0 Å². The van der Waals surface area contributed by atoms with Crippen LogP contribution in [-0.2, 0) is 0 Å². The second kappa shape index (κ2) is 7.40. The van der Waals surface area contributed by atoms with E-state index in [0.717, 1.165) is 32.1 Å². The molecule has 2 rings (SSSR count). The Morgan fingerprint density at radius 1 is 1.15 bits per heavy atom. The minimum atomic E-state index is -0.392. The molecule has 0 aromatic rings. The van der Waals surface area contributed by atoms with Gasteiger partial charge in [0.2, 0.25) is 0 Å². The number of hydrogen-bond donors (Lipinski definition) is 1. The van der Waals surface area contributed by atoms with Crippen molar-refractivity contribution in [1.82, 2.24) is 15.1 Å². The number of hydrogen-bond acceptors (Lipinski definition) is 4. The third-order valence-electron chi connectivity index (χ3n) is 4.78. The van der Waals surface area contributed by atoms with E-state index in [0.29, 0.717) is 0 Å². The predicted octanol–water partition coefficient (Wildman–Crippen LogP) is 1.69. The van der Waals surface area contributed by atoms with Gasteiger partial charge in [0, 0.05) is 13.1 Å². The van der Waals surface area contributed by atoms with Gasteiger partial charge < -0.3 is 9.80 Å². The lowest BCUT2D eigenvalue weighted by molar-refractivity contribution is 0.135. The molecule has 114 valence electrons. The van der Waals surface area contributed by atoms with Crippen molar-refractivity contribution in [2.45, 2.75) is 45.1 Å². The summed E-state index contributed by atoms with van der Waals surface area (Å²) in [5, 5.41) is 12.7. The van der Waals surface area contributed by atoms with Gasteiger partial charge in [0.05, 0.1) is 6.07 Å². The predicted molar refractivity (Wildman–Crippen MR) is 82.5 cm³/mol. The van der Waals surface area contributed by atoms with E-state index in [-0.39, 0.29) is 0 Å². The van der Waals surface area contributed by atoms with Crippen molar-refractivity contribution < 1.29 is 0 Å². The molecular weight excluding hydrogens is 248 g/mol. The second-order valence-corrected chi connectivity index (χ2v) is 6.70. The molecule has 0 saturated carbocycles. The van der Waals surface area contributed by atoms with E-state index in [4.69, 9.17) is 0 Å². The monoisotopic (exact) mass is 278 g/mol. The van der Waals surface area contributed by atoms with Crippen LogP contribution in [0.5, 0.6) is 0 Å². The first-order chi connectivity index (χ1) is 9.65. The Kier molecular flexibility index (Phi) is 5.83. The molecule has 2 heterocycles. The van der Waals surface area contributed by atoms with Crippen molar-refractivity contribution in [1.29, 1.82) is 5.26 Å². The van der Waals surface area contributed by atoms with E-state index >= 15 is 0 Å². The molecule has 0 aromatic heterocycles. The molecule has 1 N–H and O–H groups in total. The Bertz CT molecular complexity index is 324. The summed E-state index contributed by atoms with van der Waals surface area (Å²) in [5.41, 5.74) is -0.392. The van der Waals surface area contributed by atoms with E-state index in [1.807, 2.05) is 6.92 Å². The van der Waals surface area contributed by atoms with Gasteiger partial charge in [-0.05, 0) is 71.2 Å². The first kappa shape index (κ1) is 15.8. The first-order valence-electron chi connectivity index (χ1n) is 8.26. The van der Waals surface area contributed by atoms with Gasteiger partial charge in [-0.1, -0.05) is 6.92 Å². The van der Waals surface area contributed by atoms with Crippen LogP contribution in [-0.4, -0.2) is 61.2 Å². The summed E-state index contributed by atoms with van der Waals surface area (Å²) in [5.74, 6) is 0.872. The van der Waals surface area contributed by atoms with Gasteiger partial charge in [-0.2, -0.15) is 5.26 Å². The molecule has 1 unspecified atom stereocenters. The van der Waals surface area contributed by atoms with Gasteiger partial charge in [0.15, 0.2) is 0 Å². The Morgan fingerprint density at radius 3 is 2.35 bits per heavy atom. The van der Waals surface area contributed by atoms with E-state index in [1.54, 1.807) is 0 Å². The topological polar surface area (TPSA) is 42.3 Å². The minimum Gasteiger partial charge on any atom is -0.303 e. The van der Waals surface area contributed by atoms with Gasteiger partial charge in [-0.25, -0.2) is 0 Å². The fraction of sp³-hybridized carbons (Fsp3) is 0.938. The third-order valence-corrected chi connectivity index (χ3v) is 4.78. The lowest BCUT2D eigenvalue weighted by atomic mass is 9.94. The molecule has 1 atom stereocenters.